The lowest BCUT2D eigenvalue weighted by molar-refractivity contribution is -0.133. The van der Waals surface area contributed by atoms with E-state index >= 15 is 0 Å². The van der Waals surface area contributed by atoms with E-state index in [0.29, 0.717) is 24.1 Å². The van der Waals surface area contributed by atoms with Gasteiger partial charge >= 0.3 is 0 Å². The number of ketones is 1. The van der Waals surface area contributed by atoms with Crippen LogP contribution >= 0.6 is 0 Å². The summed E-state index contributed by atoms with van der Waals surface area (Å²) < 4.78 is 2.27. The molecule has 0 atom stereocenters. The van der Waals surface area contributed by atoms with Crippen molar-refractivity contribution in [3.05, 3.63) is 59.2 Å². The van der Waals surface area contributed by atoms with Crippen molar-refractivity contribution in [2.75, 3.05) is 26.2 Å². The van der Waals surface area contributed by atoms with Crippen molar-refractivity contribution in [2.45, 2.75) is 96.6 Å². The Morgan fingerprint density at radius 1 is 0.800 bits per heavy atom. The Morgan fingerprint density at radius 2 is 1.48 bits per heavy atom. The monoisotopic (exact) mass is 539 g/mol. The van der Waals surface area contributed by atoms with E-state index in [0.717, 1.165) is 31.4 Å². The standard InChI is InChI=1S/C35H45N3O2/c1-25-11-13-28(14-12-25)35-34(27-9-5-3-4-6-10-27)31-16-15-29(26(2)39)23-32(31)38(35)24-33(40)37-21-17-30(18-22-37)36-19-7-8-20-36/h11-16,23,27,30H,3-10,17-22,24H2,1-2H3. The molecule has 212 valence electrons. The average molecular weight is 540 g/mol. The maximum Gasteiger partial charge on any atom is 0.242 e. The number of carbonyl (C=O) groups is 2. The highest BCUT2D eigenvalue weighted by molar-refractivity contribution is 6.01. The molecule has 0 spiro atoms. The summed E-state index contributed by atoms with van der Waals surface area (Å²) >= 11 is 0. The lowest BCUT2D eigenvalue weighted by Gasteiger charge is -2.36. The quantitative estimate of drug-likeness (QED) is 0.243. The number of Topliss-reactive ketones (excluding diaryl/α,β-unsaturated/α-hetero) is 1. The van der Waals surface area contributed by atoms with Gasteiger partial charge in [0.05, 0.1) is 5.69 Å². The molecule has 40 heavy (non-hydrogen) atoms. The van der Waals surface area contributed by atoms with Gasteiger partial charge in [0, 0.05) is 35.6 Å². The fourth-order valence-electron chi connectivity index (χ4n) is 7.59. The lowest BCUT2D eigenvalue weighted by atomic mass is 9.87. The highest BCUT2D eigenvalue weighted by atomic mass is 16.2. The summed E-state index contributed by atoms with van der Waals surface area (Å²) in [6, 6.07) is 15.6. The van der Waals surface area contributed by atoms with Crippen LogP contribution in [0.15, 0.2) is 42.5 Å². The van der Waals surface area contributed by atoms with E-state index in [-0.39, 0.29) is 11.7 Å². The van der Waals surface area contributed by atoms with Crippen LogP contribution in [0.1, 0.15) is 98.5 Å². The molecule has 3 heterocycles. The molecule has 3 fully saturated rings. The van der Waals surface area contributed by atoms with Gasteiger partial charge in [-0.05, 0) is 88.6 Å². The molecular weight excluding hydrogens is 494 g/mol. The van der Waals surface area contributed by atoms with Crippen LogP contribution in [0.4, 0.5) is 0 Å². The summed E-state index contributed by atoms with van der Waals surface area (Å²) in [4.78, 5) is 31.2. The number of piperidine rings is 1. The van der Waals surface area contributed by atoms with E-state index in [1.54, 1.807) is 6.92 Å². The van der Waals surface area contributed by atoms with Crippen molar-refractivity contribution in [3.63, 3.8) is 0 Å². The Labute approximate surface area is 239 Å². The van der Waals surface area contributed by atoms with Crippen LogP contribution in [0.2, 0.25) is 0 Å². The van der Waals surface area contributed by atoms with Crippen molar-refractivity contribution < 1.29 is 9.59 Å². The number of aryl methyl sites for hydroxylation is 1. The topological polar surface area (TPSA) is 45.6 Å². The zero-order valence-corrected chi connectivity index (χ0v) is 24.5. The minimum atomic E-state index is 0.0675. The molecule has 5 heteroatoms. The van der Waals surface area contributed by atoms with Gasteiger partial charge in [0.2, 0.25) is 5.91 Å². The number of hydrogen-bond donors (Lipinski definition) is 0. The van der Waals surface area contributed by atoms with Crippen LogP contribution < -0.4 is 0 Å². The minimum Gasteiger partial charge on any atom is -0.341 e. The van der Waals surface area contributed by atoms with E-state index in [9.17, 15) is 9.59 Å². The van der Waals surface area contributed by atoms with Gasteiger partial charge in [0.1, 0.15) is 6.54 Å². The predicted octanol–water partition coefficient (Wildman–Crippen LogP) is 7.34. The van der Waals surface area contributed by atoms with Gasteiger partial charge in [0.25, 0.3) is 0 Å². The molecule has 0 unspecified atom stereocenters. The van der Waals surface area contributed by atoms with E-state index < -0.39 is 0 Å². The number of aromatic nitrogens is 1. The van der Waals surface area contributed by atoms with Crippen LogP contribution in [-0.4, -0.2) is 58.3 Å². The van der Waals surface area contributed by atoms with Crippen molar-refractivity contribution in [1.82, 2.24) is 14.4 Å². The second-order valence-electron chi connectivity index (χ2n) is 12.5. The molecule has 1 aromatic heterocycles. The van der Waals surface area contributed by atoms with Gasteiger partial charge < -0.3 is 14.4 Å². The number of nitrogens with zero attached hydrogens (tertiary/aromatic N) is 3. The maximum atomic E-state index is 14.0. The largest absolute Gasteiger partial charge is 0.341 e. The molecule has 1 aliphatic carbocycles. The molecule has 2 aromatic carbocycles. The molecular formula is C35H45N3O2. The van der Waals surface area contributed by atoms with Crippen LogP contribution in [-0.2, 0) is 11.3 Å². The molecule has 3 aromatic rings. The van der Waals surface area contributed by atoms with Crippen molar-refractivity contribution in [2.24, 2.45) is 0 Å². The summed E-state index contributed by atoms with van der Waals surface area (Å²) in [5, 5.41) is 1.22. The van der Waals surface area contributed by atoms with Crippen molar-refractivity contribution in [1.29, 1.82) is 0 Å². The normalized spacial score (nSPS) is 19.8. The maximum absolute atomic E-state index is 14.0. The van der Waals surface area contributed by atoms with E-state index in [2.05, 4.69) is 51.6 Å². The molecule has 0 radical (unpaired) electrons. The van der Waals surface area contributed by atoms with Gasteiger partial charge in [-0.3, -0.25) is 9.59 Å². The molecule has 0 bridgehead atoms. The third kappa shape index (κ3) is 5.50. The SMILES string of the molecule is CC(=O)c1ccc2c(C3CCCCCC3)c(-c3ccc(C)cc3)n(CC(=O)N3CCC(N4CCCC4)CC3)c2c1. The number of rotatable bonds is 6. The zero-order valence-electron chi connectivity index (χ0n) is 24.5. The number of likely N-dealkylation sites (tertiary alicyclic amines) is 2. The summed E-state index contributed by atoms with van der Waals surface area (Å²) in [6.07, 6.45) is 12.2. The number of amides is 1. The average Bonchev–Trinajstić information content (AvgIpc) is 3.52. The first-order chi connectivity index (χ1) is 19.5. The number of carbonyl (C=O) groups excluding carboxylic acids is 2. The minimum absolute atomic E-state index is 0.0675. The molecule has 5 nitrogen and oxygen atoms in total. The third-order valence-electron chi connectivity index (χ3n) is 9.87. The van der Waals surface area contributed by atoms with Gasteiger partial charge in [-0.1, -0.05) is 67.6 Å². The predicted molar refractivity (Wildman–Crippen MR) is 163 cm³/mol. The molecule has 3 aliphatic rings. The molecule has 2 saturated heterocycles. The van der Waals surface area contributed by atoms with E-state index in [1.165, 1.54) is 92.2 Å². The molecule has 2 aliphatic heterocycles. The molecule has 0 N–H and O–H groups in total. The van der Waals surface area contributed by atoms with Crippen molar-refractivity contribution >= 4 is 22.6 Å². The fraction of sp³-hybridized carbons (Fsp3) is 0.543. The Morgan fingerprint density at radius 3 is 2.12 bits per heavy atom. The number of benzene rings is 2. The van der Waals surface area contributed by atoms with Crippen LogP contribution in [0.5, 0.6) is 0 Å². The summed E-state index contributed by atoms with van der Waals surface area (Å²) in [5.74, 6) is 0.737. The van der Waals surface area contributed by atoms with Gasteiger partial charge in [-0.2, -0.15) is 0 Å². The van der Waals surface area contributed by atoms with E-state index in [1.807, 2.05) is 12.1 Å². The van der Waals surface area contributed by atoms with Gasteiger partial charge in [-0.15, -0.1) is 0 Å². The fourth-order valence-corrected chi connectivity index (χ4v) is 7.59. The smallest absolute Gasteiger partial charge is 0.242 e. The first kappa shape index (κ1) is 27.3. The van der Waals surface area contributed by atoms with Gasteiger partial charge in [-0.25, -0.2) is 0 Å². The molecule has 1 saturated carbocycles. The molecule has 1 amide bonds. The highest BCUT2D eigenvalue weighted by Gasteiger charge is 2.31. The van der Waals surface area contributed by atoms with Crippen molar-refractivity contribution in [3.8, 4) is 11.3 Å². The lowest BCUT2D eigenvalue weighted by Crippen LogP contribution is -2.46. The van der Waals surface area contributed by atoms with E-state index in [4.69, 9.17) is 0 Å². The summed E-state index contributed by atoms with van der Waals surface area (Å²) in [6.45, 7) is 8.20. The Hall–Kier alpha value is -2.92. The Bertz CT molecular complexity index is 1350. The van der Waals surface area contributed by atoms with Crippen LogP contribution in [0.3, 0.4) is 0 Å². The first-order valence-corrected chi connectivity index (χ1v) is 15.8. The number of fused-ring (bicyclic) bond motifs is 1. The van der Waals surface area contributed by atoms with Crippen LogP contribution in [0, 0.1) is 6.92 Å². The molecule has 6 rings (SSSR count). The Balaban J connectivity index is 1.40. The second kappa shape index (κ2) is 11.9. The Kier molecular flexibility index (Phi) is 8.11. The third-order valence-corrected chi connectivity index (χ3v) is 9.87. The second-order valence-corrected chi connectivity index (χ2v) is 12.5. The van der Waals surface area contributed by atoms with Gasteiger partial charge in [0.15, 0.2) is 5.78 Å². The summed E-state index contributed by atoms with van der Waals surface area (Å²) in [7, 11) is 0. The highest BCUT2D eigenvalue weighted by Crippen LogP contribution is 2.44. The number of hydrogen-bond acceptors (Lipinski definition) is 3. The first-order valence-electron chi connectivity index (χ1n) is 15.8. The summed E-state index contributed by atoms with van der Waals surface area (Å²) in [5.41, 5.74) is 6.72. The van der Waals surface area contributed by atoms with Crippen LogP contribution in [0.25, 0.3) is 22.2 Å². The zero-order chi connectivity index (χ0) is 27.6.